The third-order valence-corrected chi connectivity index (χ3v) is 3.31. The molecule has 0 spiro atoms. The van der Waals surface area contributed by atoms with Gasteiger partial charge in [0.25, 0.3) is 5.91 Å². The fraction of sp³-hybridized carbons (Fsp3) is 0.400. The number of ether oxygens (including phenoxy) is 1. The number of hydrogen-bond acceptors (Lipinski definition) is 4. The number of carbonyl (C=O) groups excluding carboxylic acids is 2. The van der Waals surface area contributed by atoms with Gasteiger partial charge in [-0.15, -0.1) is 0 Å². The number of nitrogens with one attached hydrogen (secondary N) is 1. The van der Waals surface area contributed by atoms with E-state index in [0.717, 1.165) is 0 Å². The summed E-state index contributed by atoms with van der Waals surface area (Å²) in [4.78, 5) is 34.7. The summed E-state index contributed by atoms with van der Waals surface area (Å²) in [6.45, 7) is 3.61. The van der Waals surface area contributed by atoms with Gasteiger partial charge in [-0.3, -0.25) is 4.79 Å². The Morgan fingerprint density at radius 2 is 1.90 bits per heavy atom. The van der Waals surface area contributed by atoms with Gasteiger partial charge in [-0.05, 0) is 24.1 Å². The Bertz CT molecular complexity index is 541. The lowest BCUT2D eigenvalue weighted by Crippen LogP contribution is -2.45. The number of methoxy groups -OCH3 is 1. The topological polar surface area (TPSA) is 92.7 Å². The van der Waals surface area contributed by atoms with Crippen LogP contribution in [0.2, 0.25) is 0 Å². The van der Waals surface area contributed by atoms with Crippen LogP contribution in [0.25, 0.3) is 0 Å². The molecule has 0 fully saturated rings. The largest absolute Gasteiger partial charge is 0.480 e. The van der Waals surface area contributed by atoms with Gasteiger partial charge >= 0.3 is 11.9 Å². The quantitative estimate of drug-likeness (QED) is 0.779. The Labute approximate surface area is 123 Å². The fourth-order valence-electron chi connectivity index (χ4n) is 1.81. The average molecular weight is 293 g/mol. The predicted molar refractivity (Wildman–Crippen MR) is 76.1 cm³/mol. The molecule has 1 rings (SSSR count). The summed E-state index contributed by atoms with van der Waals surface area (Å²) in [5.74, 6) is -2.37. The first-order valence-corrected chi connectivity index (χ1v) is 6.62. The monoisotopic (exact) mass is 293 g/mol. The van der Waals surface area contributed by atoms with Gasteiger partial charge in [0, 0.05) is 5.56 Å². The molecule has 0 saturated carbocycles. The highest BCUT2D eigenvalue weighted by Crippen LogP contribution is 2.11. The van der Waals surface area contributed by atoms with Crippen LogP contribution in [-0.4, -0.2) is 36.1 Å². The highest BCUT2D eigenvalue weighted by atomic mass is 16.5. The minimum absolute atomic E-state index is 0.199. The number of carboxylic acids is 1. The Morgan fingerprint density at radius 3 is 2.43 bits per heavy atom. The van der Waals surface area contributed by atoms with Gasteiger partial charge in [0.05, 0.1) is 12.7 Å². The van der Waals surface area contributed by atoms with Crippen LogP contribution in [0.15, 0.2) is 24.3 Å². The van der Waals surface area contributed by atoms with Gasteiger partial charge in [0.15, 0.2) is 0 Å². The SMILES string of the molecule is CC[C@H](C)[C@@H](NC(=O)c1cccc(C(=O)OC)c1)C(=O)O. The molecule has 0 bridgehead atoms. The number of carbonyl (C=O) groups is 3. The summed E-state index contributed by atoms with van der Waals surface area (Å²) in [5, 5.41) is 11.6. The van der Waals surface area contributed by atoms with Crippen molar-refractivity contribution in [2.24, 2.45) is 5.92 Å². The fourth-order valence-corrected chi connectivity index (χ4v) is 1.81. The summed E-state index contributed by atoms with van der Waals surface area (Å²) in [6.07, 6.45) is 0.624. The summed E-state index contributed by atoms with van der Waals surface area (Å²) >= 11 is 0. The molecule has 0 aliphatic carbocycles. The summed E-state index contributed by atoms with van der Waals surface area (Å²) in [5.41, 5.74) is 0.452. The summed E-state index contributed by atoms with van der Waals surface area (Å²) in [6, 6.07) is 4.98. The molecule has 21 heavy (non-hydrogen) atoms. The van der Waals surface area contributed by atoms with E-state index < -0.39 is 23.9 Å². The number of benzene rings is 1. The number of rotatable bonds is 6. The van der Waals surface area contributed by atoms with Crippen molar-refractivity contribution in [3.63, 3.8) is 0 Å². The smallest absolute Gasteiger partial charge is 0.337 e. The maximum Gasteiger partial charge on any atom is 0.337 e. The van der Waals surface area contributed by atoms with Crippen LogP contribution >= 0.6 is 0 Å². The van der Waals surface area contributed by atoms with Crippen LogP contribution in [0.4, 0.5) is 0 Å². The number of hydrogen-bond donors (Lipinski definition) is 2. The lowest BCUT2D eigenvalue weighted by atomic mass is 9.99. The molecule has 0 heterocycles. The van der Waals surface area contributed by atoms with E-state index >= 15 is 0 Å². The zero-order valence-corrected chi connectivity index (χ0v) is 12.3. The Morgan fingerprint density at radius 1 is 1.29 bits per heavy atom. The summed E-state index contributed by atoms with van der Waals surface area (Å²) in [7, 11) is 1.25. The maximum absolute atomic E-state index is 12.1. The van der Waals surface area contributed by atoms with E-state index in [1.165, 1.54) is 25.3 Å². The molecule has 0 aliphatic heterocycles. The number of carboxylic acid groups (broad SMARTS) is 1. The number of amides is 1. The average Bonchev–Trinajstić information content (AvgIpc) is 2.50. The molecular weight excluding hydrogens is 274 g/mol. The van der Waals surface area contributed by atoms with Crippen molar-refractivity contribution in [2.45, 2.75) is 26.3 Å². The van der Waals surface area contributed by atoms with Gasteiger partial charge in [-0.1, -0.05) is 26.3 Å². The van der Waals surface area contributed by atoms with E-state index in [2.05, 4.69) is 10.1 Å². The van der Waals surface area contributed by atoms with Crippen molar-refractivity contribution >= 4 is 17.8 Å². The van der Waals surface area contributed by atoms with Gasteiger partial charge in [0.1, 0.15) is 6.04 Å². The van der Waals surface area contributed by atoms with Crippen molar-refractivity contribution in [1.29, 1.82) is 0 Å². The second-order valence-corrected chi connectivity index (χ2v) is 4.75. The number of aliphatic carboxylic acids is 1. The predicted octanol–water partition coefficient (Wildman–Crippen LogP) is 1.70. The van der Waals surface area contributed by atoms with E-state index in [9.17, 15) is 14.4 Å². The molecule has 0 unspecified atom stereocenters. The molecule has 2 atom stereocenters. The van der Waals surface area contributed by atoms with E-state index in [4.69, 9.17) is 5.11 Å². The molecule has 0 aliphatic rings. The molecule has 1 amide bonds. The van der Waals surface area contributed by atoms with Crippen molar-refractivity contribution < 1.29 is 24.2 Å². The first-order valence-electron chi connectivity index (χ1n) is 6.62. The molecular formula is C15H19NO5. The van der Waals surface area contributed by atoms with Crippen LogP contribution < -0.4 is 5.32 Å². The molecule has 6 nitrogen and oxygen atoms in total. The Hall–Kier alpha value is -2.37. The molecule has 114 valence electrons. The highest BCUT2D eigenvalue weighted by molar-refractivity contribution is 5.99. The third-order valence-electron chi connectivity index (χ3n) is 3.31. The van der Waals surface area contributed by atoms with Crippen molar-refractivity contribution in [3.8, 4) is 0 Å². The molecule has 0 saturated heterocycles. The van der Waals surface area contributed by atoms with Gasteiger partial charge < -0.3 is 15.2 Å². The normalized spacial score (nSPS) is 13.1. The second-order valence-electron chi connectivity index (χ2n) is 4.75. The molecule has 0 aromatic heterocycles. The Balaban J connectivity index is 2.93. The van der Waals surface area contributed by atoms with Crippen molar-refractivity contribution in [2.75, 3.05) is 7.11 Å². The van der Waals surface area contributed by atoms with E-state index in [1.807, 2.05) is 6.92 Å². The van der Waals surface area contributed by atoms with Gasteiger partial charge in [-0.25, -0.2) is 9.59 Å². The lowest BCUT2D eigenvalue weighted by molar-refractivity contribution is -0.140. The van der Waals surface area contributed by atoms with E-state index in [0.29, 0.717) is 6.42 Å². The first kappa shape index (κ1) is 16.7. The maximum atomic E-state index is 12.1. The van der Waals surface area contributed by atoms with Crippen LogP contribution in [-0.2, 0) is 9.53 Å². The molecule has 1 aromatic rings. The highest BCUT2D eigenvalue weighted by Gasteiger charge is 2.25. The van der Waals surface area contributed by atoms with Crippen LogP contribution in [0.1, 0.15) is 41.0 Å². The van der Waals surface area contributed by atoms with E-state index in [-0.39, 0.29) is 17.0 Å². The zero-order chi connectivity index (χ0) is 16.0. The number of esters is 1. The molecule has 0 radical (unpaired) electrons. The van der Waals surface area contributed by atoms with Gasteiger partial charge in [0.2, 0.25) is 0 Å². The second kappa shape index (κ2) is 7.42. The molecule has 2 N–H and O–H groups in total. The van der Waals surface area contributed by atoms with Crippen LogP contribution in [0.3, 0.4) is 0 Å². The van der Waals surface area contributed by atoms with Gasteiger partial charge in [-0.2, -0.15) is 0 Å². The van der Waals surface area contributed by atoms with E-state index in [1.54, 1.807) is 13.0 Å². The Kier molecular flexibility index (Phi) is 5.90. The zero-order valence-electron chi connectivity index (χ0n) is 12.3. The third kappa shape index (κ3) is 4.30. The molecule has 6 heteroatoms. The van der Waals surface area contributed by atoms with Crippen molar-refractivity contribution in [3.05, 3.63) is 35.4 Å². The standard InChI is InChI=1S/C15H19NO5/c1-4-9(2)12(14(18)19)16-13(17)10-6-5-7-11(8-10)15(20)21-3/h5-9,12H,4H2,1-3H3,(H,16,17)(H,18,19)/t9-,12+/m0/s1. The minimum Gasteiger partial charge on any atom is -0.480 e. The van der Waals surface area contributed by atoms with Crippen LogP contribution in [0, 0.1) is 5.92 Å². The first-order chi connectivity index (χ1) is 9.90. The molecule has 1 aromatic carbocycles. The lowest BCUT2D eigenvalue weighted by Gasteiger charge is -2.20. The van der Waals surface area contributed by atoms with Crippen molar-refractivity contribution in [1.82, 2.24) is 5.32 Å². The minimum atomic E-state index is -1.08. The summed E-state index contributed by atoms with van der Waals surface area (Å²) < 4.78 is 4.58. The van der Waals surface area contributed by atoms with Crippen LogP contribution in [0.5, 0.6) is 0 Å².